The number of anilines is 1. The van der Waals surface area contributed by atoms with Gasteiger partial charge in [0, 0.05) is 24.4 Å². The predicted octanol–water partition coefficient (Wildman–Crippen LogP) is 3.29. The molecular weight excluding hydrogens is 252 g/mol. The summed E-state index contributed by atoms with van der Waals surface area (Å²) in [5.41, 5.74) is 0.658. The summed E-state index contributed by atoms with van der Waals surface area (Å²) in [6.07, 6.45) is 1.57. The van der Waals surface area contributed by atoms with Crippen LogP contribution in [0.5, 0.6) is 11.6 Å². The SMILES string of the molecule is CCNc1ncc(C)c(Oc2ccc(F)cc2F)n1. The van der Waals surface area contributed by atoms with Crippen LogP contribution in [0, 0.1) is 18.6 Å². The Morgan fingerprint density at radius 1 is 1.32 bits per heavy atom. The van der Waals surface area contributed by atoms with Crippen LogP contribution in [0.25, 0.3) is 0 Å². The maximum absolute atomic E-state index is 13.5. The van der Waals surface area contributed by atoms with Crippen molar-refractivity contribution in [2.24, 2.45) is 0 Å². The van der Waals surface area contributed by atoms with Gasteiger partial charge in [-0.25, -0.2) is 13.8 Å². The summed E-state index contributed by atoms with van der Waals surface area (Å²) in [5, 5.41) is 2.93. The van der Waals surface area contributed by atoms with Crippen molar-refractivity contribution in [1.82, 2.24) is 9.97 Å². The average molecular weight is 265 g/mol. The molecule has 1 aromatic heterocycles. The van der Waals surface area contributed by atoms with Crippen molar-refractivity contribution in [3.63, 3.8) is 0 Å². The van der Waals surface area contributed by atoms with E-state index in [0.29, 0.717) is 18.1 Å². The number of nitrogens with zero attached hydrogens (tertiary/aromatic N) is 2. The van der Waals surface area contributed by atoms with E-state index in [-0.39, 0.29) is 11.6 Å². The Morgan fingerprint density at radius 3 is 2.79 bits per heavy atom. The molecule has 0 aliphatic carbocycles. The second-order valence-electron chi connectivity index (χ2n) is 3.89. The Kier molecular flexibility index (Phi) is 3.89. The number of halogens is 2. The van der Waals surface area contributed by atoms with Gasteiger partial charge in [0.15, 0.2) is 11.6 Å². The molecule has 2 aromatic rings. The number of benzene rings is 1. The maximum atomic E-state index is 13.5. The molecule has 0 spiro atoms. The number of aryl methyl sites for hydroxylation is 1. The lowest BCUT2D eigenvalue weighted by atomic mass is 10.3. The summed E-state index contributed by atoms with van der Waals surface area (Å²) in [7, 11) is 0. The van der Waals surface area contributed by atoms with E-state index in [1.54, 1.807) is 13.1 Å². The summed E-state index contributed by atoms with van der Waals surface area (Å²) >= 11 is 0. The second kappa shape index (κ2) is 5.60. The predicted molar refractivity (Wildman–Crippen MR) is 67.4 cm³/mol. The third kappa shape index (κ3) is 3.15. The van der Waals surface area contributed by atoms with Crippen molar-refractivity contribution in [1.29, 1.82) is 0 Å². The maximum Gasteiger partial charge on any atom is 0.227 e. The van der Waals surface area contributed by atoms with Crippen LogP contribution in [0.3, 0.4) is 0 Å². The topological polar surface area (TPSA) is 47.0 Å². The lowest BCUT2D eigenvalue weighted by Gasteiger charge is -2.09. The van der Waals surface area contributed by atoms with E-state index in [1.165, 1.54) is 6.07 Å². The first-order valence-corrected chi connectivity index (χ1v) is 5.80. The van der Waals surface area contributed by atoms with Crippen LogP contribution in [-0.2, 0) is 0 Å². The number of ether oxygens (including phenoxy) is 1. The molecule has 0 atom stereocenters. The third-order valence-electron chi connectivity index (χ3n) is 2.36. The molecule has 0 aliphatic rings. The first-order chi connectivity index (χ1) is 9.10. The first-order valence-electron chi connectivity index (χ1n) is 5.80. The van der Waals surface area contributed by atoms with Crippen molar-refractivity contribution < 1.29 is 13.5 Å². The lowest BCUT2D eigenvalue weighted by molar-refractivity contribution is 0.420. The average Bonchev–Trinajstić information content (AvgIpc) is 2.37. The zero-order valence-electron chi connectivity index (χ0n) is 10.6. The standard InChI is InChI=1S/C13H13F2N3O/c1-3-16-13-17-7-8(2)12(18-13)19-11-5-4-9(14)6-10(11)15/h4-7H,3H2,1-2H3,(H,16,17,18). The van der Waals surface area contributed by atoms with Gasteiger partial charge < -0.3 is 10.1 Å². The van der Waals surface area contributed by atoms with Crippen molar-refractivity contribution >= 4 is 5.95 Å². The third-order valence-corrected chi connectivity index (χ3v) is 2.36. The van der Waals surface area contributed by atoms with Crippen LogP contribution in [0.2, 0.25) is 0 Å². The van der Waals surface area contributed by atoms with E-state index in [1.807, 2.05) is 6.92 Å². The molecule has 0 radical (unpaired) electrons. The molecule has 0 saturated heterocycles. The highest BCUT2D eigenvalue weighted by molar-refractivity contribution is 5.36. The highest BCUT2D eigenvalue weighted by atomic mass is 19.1. The molecule has 100 valence electrons. The molecule has 1 heterocycles. The fraction of sp³-hybridized carbons (Fsp3) is 0.231. The minimum Gasteiger partial charge on any atom is -0.435 e. The molecule has 0 saturated carbocycles. The van der Waals surface area contributed by atoms with E-state index in [2.05, 4.69) is 15.3 Å². The van der Waals surface area contributed by atoms with Crippen LogP contribution in [-0.4, -0.2) is 16.5 Å². The molecule has 1 N–H and O–H groups in total. The van der Waals surface area contributed by atoms with Gasteiger partial charge in [-0.2, -0.15) is 4.98 Å². The molecule has 2 rings (SSSR count). The fourth-order valence-corrected chi connectivity index (χ4v) is 1.44. The summed E-state index contributed by atoms with van der Waals surface area (Å²) in [5.74, 6) is -0.881. The summed E-state index contributed by atoms with van der Waals surface area (Å²) in [4.78, 5) is 8.17. The Labute approximate surface area is 109 Å². The lowest BCUT2D eigenvalue weighted by Crippen LogP contribution is -2.04. The molecular formula is C13H13F2N3O. The molecule has 1 aromatic carbocycles. The van der Waals surface area contributed by atoms with Gasteiger partial charge >= 0.3 is 0 Å². The van der Waals surface area contributed by atoms with Crippen molar-refractivity contribution in [3.8, 4) is 11.6 Å². The van der Waals surface area contributed by atoms with Gasteiger partial charge in [-0.3, -0.25) is 0 Å². The zero-order chi connectivity index (χ0) is 13.8. The number of aromatic nitrogens is 2. The zero-order valence-corrected chi connectivity index (χ0v) is 10.6. The highest BCUT2D eigenvalue weighted by Crippen LogP contribution is 2.26. The second-order valence-corrected chi connectivity index (χ2v) is 3.89. The molecule has 0 aliphatic heterocycles. The Morgan fingerprint density at radius 2 is 2.11 bits per heavy atom. The fourth-order valence-electron chi connectivity index (χ4n) is 1.44. The monoisotopic (exact) mass is 265 g/mol. The van der Waals surface area contributed by atoms with Gasteiger partial charge in [0.05, 0.1) is 0 Å². The highest BCUT2D eigenvalue weighted by Gasteiger charge is 2.10. The molecule has 0 amide bonds. The van der Waals surface area contributed by atoms with Gasteiger partial charge in [-0.05, 0) is 26.0 Å². The summed E-state index contributed by atoms with van der Waals surface area (Å²) in [6, 6.07) is 3.11. The van der Waals surface area contributed by atoms with Crippen LogP contribution in [0.15, 0.2) is 24.4 Å². The van der Waals surface area contributed by atoms with Gasteiger partial charge in [0.2, 0.25) is 11.8 Å². The number of hydrogen-bond acceptors (Lipinski definition) is 4. The molecule has 0 fully saturated rings. The summed E-state index contributed by atoms with van der Waals surface area (Å²) < 4.78 is 31.6. The van der Waals surface area contributed by atoms with E-state index >= 15 is 0 Å². The van der Waals surface area contributed by atoms with E-state index in [9.17, 15) is 8.78 Å². The van der Waals surface area contributed by atoms with Crippen molar-refractivity contribution in [2.75, 3.05) is 11.9 Å². The van der Waals surface area contributed by atoms with Crippen molar-refractivity contribution in [2.45, 2.75) is 13.8 Å². The van der Waals surface area contributed by atoms with E-state index < -0.39 is 11.6 Å². The molecule has 0 bridgehead atoms. The Balaban J connectivity index is 2.29. The van der Waals surface area contributed by atoms with Crippen LogP contribution >= 0.6 is 0 Å². The van der Waals surface area contributed by atoms with Crippen LogP contribution in [0.4, 0.5) is 14.7 Å². The smallest absolute Gasteiger partial charge is 0.227 e. The quantitative estimate of drug-likeness (QED) is 0.921. The molecule has 4 nitrogen and oxygen atoms in total. The molecule has 0 unspecified atom stereocenters. The Bertz CT molecular complexity index is 590. The Hall–Kier alpha value is -2.24. The minimum atomic E-state index is -0.775. The van der Waals surface area contributed by atoms with Crippen LogP contribution in [0.1, 0.15) is 12.5 Å². The van der Waals surface area contributed by atoms with E-state index in [4.69, 9.17) is 4.74 Å². The largest absolute Gasteiger partial charge is 0.435 e. The number of hydrogen-bond donors (Lipinski definition) is 1. The van der Waals surface area contributed by atoms with Crippen LogP contribution < -0.4 is 10.1 Å². The van der Waals surface area contributed by atoms with Gasteiger partial charge in [0.1, 0.15) is 5.82 Å². The van der Waals surface area contributed by atoms with Crippen molar-refractivity contribution in [3.05, 3.63) is 41.6 Å². The van der Waals surface area contributed by atoms with Gasteiger partial charge in [-0.1, -0.05) is 0 Å². The number of rotatable bonds is 4. The normalized spacial score (nSPS) is 10.3. The van der Waals surface area contributed by atoms with E-state index in [0.717, 1.165) is 12.1 Å². The summed E-state index contributed by atoms with van der Waals surface area (Å²) in [6.45, 7) is 4.31. The molecule has 19 heavy (non-hydrogen) atoms. The van der Waals surface area contributed by atoms with Gasteiger partial charge in [-0.15, -0.1) is 0 Å². The minimum absolute atomic E-state index is 0.0781. The molecule has 6 heteroatoms. The number of nitrogens with one attached hydrogen (secondary N) is 1. The van der Waals surface area contributed by atoms with Gasteiger partial charge in [0.25, 0.3) is 0 Å². The first kappa shape index (κ1) is 13.2.